The standard InChI is InChI=1S/C24H23N5O4/c1-13-8-20(31)27(2)11-17(13)22-21(25-12-28(22)3)14-4-5-16-15(9-14)10-29(24(16)33)18-6-7-19(30)26-23(18)32/h4-5,8-9,11-12,18H,6-7,10H2,1-3H3,(H,26,30,32)/t18-/m0/s1. The topological polar surface area (TPSA) is 106 Å². The van der Waals surface area contributed by atoms with Gasteiger partial charge in [-0.05, 0) is 36.6 Å². The third kappa shape index (κ3) is 3.36. The van der Waals surface area contributed by atoms with Crippen molar-refractivity contribution in [3.8, 4) is 22.5 Å². The maximum Gasteiger partial charge on any atom is 0.255 e. The van der Waals surface area contributed by atoms with Gasteiger partial charge in [0.1, 0.15) is 6.04 Å². The van der Waals surface area contributed by atoms with Crippen LogP contribution in [0.15, 0.2) is 41.6 Å². The van der Waals surface area contributed by atoms with Crippen molar-refractivity contribution in [1.82, 2.24) is 24.3 Å². The van der Waals surface area contributed by atoms with Crippen LogP contribution in [0.1, 0.15) is 34.3 Å². The minimum atomic E-state index is -0.648. The van der Waals surface area contributed by atoms with Crippen LogP contribution in [0.4, 0.5) is 0 Å². The molecule has 0 unspecified atom stereocenters. The highest BCUT2D eigenvalue weighted by Gasteiger charge is 2.39. The number of fused-ring (bicyclic) bond motifs is 1. The molecule has 1 saturated heterocycles. The van der Waals surface area contributed by atoms with Gasteiger partial charge in [-0.3, -0.25) is 24.5 Å². The van der Waals surface area contributed by atoms with Gasteiger partial charge in [0.2, 0.25) is 11.8 Å². The smallest absolute Gasteiger partial charge is 0.255 e. The Labute approximate surface area is 189 Å². The van der Waals surface area contributed by atoms with Crippen molar-refractivity contribution in [3.05, 3.63) is 63.8 Å². The number of imide groups is 1. The van der Waals surface area contributed by atoms with E-state index < -0.39 is 11.9 Å². The summed E-state index contributed by atoms with van der Waals surface area (Å²) in [5, 5.41) is 2.32. The van der Waals surface area contributed by atoms with E-state index in [0.29, 0.717) is 18.5 Å². The van der Waals surface area contributed by atoms with Gasteiger partial charge in [0.15, 0.2) is 0 Å². The molecule has 2 aliphatic rings. The number of carbonyl (C=O) groups is 3. The van der Waals surface area contributed by atoms with Gasteiger partial charge in [0.25, 0.3) is 11.5 Å². The summed E-state index contributed by atoms with van der Waals surface area (Å²) in [6.07, 6.45) is 4.08. The first-order valence-corrected chi connectivity index (χ1v) is 10.7. The maximum absolute atomic E-state index is 13.0. The van der Waals surface area contributed by atoms with Crippen molar-refractivity contribution in [2.75, 3.05) is 0 Å². The lowest BCUT2D eigenvalue weighted by Gasteiger charge is -2.29. The molecule has 2 aromatic heterocycles. The van der Waals surface area contributed by atoms with Gasteiger partial charge >= 0.3 is 0 Å². The molecule has 1 fully saturated rings. The van der Waals surface area contributed by atoms with E-state index in [1.54, 1.807) is 31.7 Å². The van der Waals surface area contributed by atoms with Crippen molar-refractivity contribution >= 4 is 17.7 Å². The molecule has 1 atom stereocenters. The second kappa shape index (κ2) is 7.54. The van der Waals surface area contributed by atoms with Gasteiger partial charge in [0.05, 0.1) is 17.7 Å². The minimum Gasteiger partial charge on any atom is -0.333 e. The molecule has 0 spiro atoms. The highest BCUT2D eigenvalue weighted by Crippen LogP contribution is 2.35. The second-order valence-corrected chi connectivity index (χ2v) is 8.64. The molecule has 0 radical (unpaired) electrons. The molecule has 0 saturated carbocycles. The number of nitrogens with zero attached hydrogens (tertiary/aromatic N) is 4. The predicted octanol–water partition coefficient (Wildman–Crippen LogP) is 1.52. The van der Waals surface area contributed by atoms with Crippen LogP contribution in [0.2, 0.25) is 0 Å². The number of nitrogens with one attached hydrogen (secondary N) is 1. The summed E-state index contributed by atoms with van der Waals surface area (Å²) < 4.78 is 3.45. The third-order valence-corrected chi connectivity index (χ3v) is 6.42. The van der Waals surface area contributed by atoms with Gasteiger partial charge in [-0.15, -0.1) is 0 Å². The quantitative estimate of drug-likeness (QED) is 0.616. The van der Waals surface area contributed by atoms with E-state index in [0.717, 1.165) is 33.6 Å². The summed E-state index contributed by atoms with van der Waals surface area (Å²) >= 11 is 0. The molecular weight excluding hydrogens is 422 g/mol. The van der Waals surface area contributed by atoms with Crippen molar-refractivity contribution in [3.63, 3.8) is 0 Å². The molecule has 33 heavy (non-hydrogen) atoms. The summed E-state index contributed by atoms with van der Waals surface area (Å²) in [6.45, 7) is 2.20. The van der Waals surface area contributed by atoms with E-state index in [-0.39, 0.29) is 23.8 Å². The first-order chi connectivity index (χ1) is 15.7. The zero-order chi connectivity index (χ0) is 23.4. The predicted molar refractivity (Wildman–Crippen MR) is 120 cm³/mol. The van der Waals surface area contributed by atoms with Crippen molar-refractivity contribution < 1.29 is 14.4 Å². The summed E-state index contributed by atoms with van der Waals surface area (Å²) in [4.78, 5) is 54.9. The number of amides is 3. The third-order valence-electron chi connectivity index (χ3n) is 6.42. The van der Waals surface area contributed by atoms with Crippen molar-refractivity contribution in [2.45, 2.75) is 32.4 Å². The van der Waals surface area contributed by atoms with Crippen molar-refractivity contribution in [2.24, 2.45) is 14.1 Å². The number of piperidine rings is 1. The first-order valence-electron chi connectivity index (χ1n) is 10.7. The number of hydrogen-bond donors (Lipinski definition) is 1. The van der Waals surface area contributed by atoms with Crippen LogP contribution in [0.5, 0.6) is 0 Å². The average molecular weight is 445 g/mol. The highest BCUT2D eigenvalue weighted by atomic mass is 16.2. The molecule has 9 heteroatoms. The molecule has 2 aliphatic heterocycles. The largest absolute Gasteiger partial charge is 0.333 e. The zero-order valence-electron chi connectivity index (χ0n) is 18.6. The molecule has 3 amide bonds. The highest BCUT2D eigenvalue weighted by molar-refractivity contribution is 6.05. The van der Waals surface area contributed by atoms with Crippen LogP contribution < -0.4 is 10.9 Å². The Bertz CT molecular complexity index is 1400. The van der Waals surface area contributed by atoms with E-state index in [1.807, 2.05) is 30.7 Å². The second-order valence-electron chi connectivity index (χ2n) is 8.64. The number of carbonyl (C=O) groups excluding carboxylic acids is 3. The van der Waals surface area contributed by atoms with Crippen LogP contribution in [-0.4, -0.2) is 42.8 Å². The molecule has 3 aromatic rings. The van der Waals surface area contributed by atoms with Crippen LogP contribution in [0.3, 0.4) is 0 Å². The molecule has 1 aromatic carbocycles. The minimum absolute atomic E-state index is 0.0791. The summed E-state index contributed by atoms with van der Waals surface area (Å²) in [7, 11) is 3.61. The van der Waals surface area contributed by atoms with Crippen LogP contribution in [0.25, 0.3) is 22.5 Å². The number of pyridine rings is 1. The summed E-state index contributed by atoms with van der Waals surface area (Å²) in [5.74, 6) is -0.940. The van der Waals surface area contributed by atoms with Gasteiger partial charge in [0, 0.05) is 56.0 Å². The lowest BCUT2D eigenvalue weighted by Crippen LogP contribution is -2.52. The van der Waals surface area contributed by atoms with Crippen LogP contribution in [0, 0.1) is 6.92 Å². The van der Waals surface area contributed by atoms with Gasteiger partial charge in [-0.2, -0.15) is 0 Å². The maximum atomic E-state index is 13.0. The van der Waals surface area contributed by atoms with Gasteiger partial charge in [-0.1, -0.05) is 6.07 Å². The Morgan fingerprint density at radius 3 is 2.58 bits per heavy atom. The normalized spacial score (nSPS) is 18.0. The molecule has 168 valence electrons. The molecule has 4 heterocycles. The molecule has 1 N–H and O–H groups in total. The van der Waals surface area contributed by atoms with E-state index in [1.165, 1.54) is 9.47 Å². The molecule has 5 rings (SSSR count). The number of imidazole rings is 1. The van der Waals surface area contributed by atoms with Gasteiger partial charge in [-0.25, -0.2) is 4.98 Å². The van der Waals surface area contributed by atoms with Crippen LogP contribution in [-0.2, 0) is 30.2 Å². The van der Waals surface area contributed by atoms with Gasteiger partial charge < -0.3 is 14.0 Å². The van der Waals surface area contributed by atoms with E-state index in [9.17, 15) is 19.2 Å². The fraction of sp³-hybridized carbons (Fsp3) is 0.292. The zero-order valence-corrected chi connectivity index (χ0v) is 18.6. The molecular formula is C24H23N5O4. The Morgan fingerprint density at radius 2 is 1.82 bits per heavy atom. The lowest BCUT2D eigenvalue weighted by molar-refractivity contribution is -0.136. The Balaban J connectivity index is 1.53. The molecule has 9 nitrogen and oxygen atoms in total. The number of aromatic nitrogens is 3. The first kappa shape index (κ1) is 20.9. The van der Waals surface area contributed by atoms with E-state index in [2.05, 4.69) is 10.3 Å². The number of aryl methyl sites for hydroxylation is 3. The number of benzene rings is 1. The lowest BCUT2D eigenvalue weighted by atomic mass is 9.99. The Kier molecular flexibility index (Phi) is 4.77. The summed E-state index contributed by atoms with van der Waals surface area (Å²) in [6, 6.07) is 6.51. The fourth-order valence-corrected chi connectivity index (χ4v) is 4.65. The molecule has 0 bridgehead atoms. The fourth-order valence-electron chi connectivity index (χ4n) is 4.65. The SMILES string of the molecule is Cc1cc(=O)n(C)cc1-c1c(-c2ccc3c(c2)CN([C@H]2CCC(=O)NC2=O)C3=O)ncn1C. The summed E-state index contributed by atoms with van der Waals surface area (Å²) in [5.41, 5.74) is 5.50. The number of hydrogen-bond acceptors (Lipinski definition) is 5. The van der Waals surface area contributed by atoms with E-state index >= 15 is 0 Å². The van der Waals surface area contributed by atoms with Crippen LogP contribution >= 0.6 is 0 Å². The van der Waals surface area contributed by atoms with Crippen molar-refractivity contribution in [1.29, 1.82) is 0 Å². The monoisotopic (exact) mass is 445 g/mol. The Morgan fingerprint density at radius 1 is 1.03 bits per heavy atom. The Hall–Kier alpha value is -4.01. The molecule has 0 aliphatic carbocycles. The average Bonchev–Trinajstić information content (AvgIpc) is 3.30. The van der Waals surface area contributed by atoms with E-state index in [4.69, 9.17) is 0 Å². The number of rotatable bonds is 3.